The Morgan fingerprint density at radius 1 is 1.00 bits per heavy atom. The van der Waals surface area contributed by atoms with Gasteiger partial charge in [0, 0.05) is 14.7 Å². The van der Waals surface area contributed by atoms with Crippen LogP contribution in [-0.4, -0.2) is 11.5 Å². The lowest BCUT2D eigenvalue weighted by atomic mass is 9.99. The van der Waals surface area contributed by atoms with Crippen LogP contribution in [0.15, 0.2) is 42.5 Å². The minimum atomic E-state index is -4.39. The molecule has 0 spiro atoms. The first-order chi connectivity index (χ1) is 11.9. The number of H-pyrrole nitrogens is 1. The molecule has 2 aromatic carbocycles. The van der Waals surface area contributed by atoms with Crippen molar-refractivity contribution in [3.05, 3.63) is 57.2 Å². The van der Waals surface area contributed by atoms with Gasteiger partial charge in [-0.25, -0.2) is 0 Å². The average Bonchev–Trinajstić information content (AvgIpc) is 2.93. The van der Waals surface area contributed by atoms with E-state index >= 15 is 0 Å². The number of fused-ring (bicyclic) bond motifs is 1. The zero-order chi connectivity index (χ0) is 18.0. The number of hydrogen-bond acceptors (Lipinski definition) is 1. The van der Waals surface area contributed by atoms with Crippen molar-refractivity contribution in [2.24, 2.45) is 5.73 Å². The van der Waals surface area contributed by atoms with Crippen molar-refractivity contribution >= 4 is 33.5 Å². The van der Waals surface area contributed by atoms with E-state index in [0.717, 1.165) is 39.3 Å². The molecule has 2 nitrogen and oxygen atoms in total. The van der Waals surface area contributed by atoms with Gasteiger partial charge in [0.05, 0.1) is 11.1 Å². The molecule has 0 saturated heterocycles. The molecule has 0 amide bonds. The van der Waals surface area contributed by atoms with Crippen LogP contribution in [0.4, 0.5) is 13.2 Å². The highest BCUT2D eigenvalue weighted by molar-refractivity contribution is 14.1. The number of rotatable bonds is 5. The molecule has 0 unspecified atom stereocenters. The number of alkyl halides is 3. The monoisotopic (exact) mass is 458 g/mol. The lowest BCUT2D eigenvalue weighted by Gasteiger charge is -2.07. The van der Waals surface area contributed by atoms with E-state index in [0.29, 0.717) is 18.4 Å². The fourth-order valence-electron chi connectivity index (χ4n) is 3.08. The molecule has 0 aliphatic rings. The van der Waals surface area contributed by atoms with Crippen LogP contribution in [0.2, 0.25) is 0 Å². The van der Waals surface area contributed by atoms with Gasteiger partial charge in [0.1, 0.15) is 0 Å². The van der Waals surface area contributed by atoms with Crippen LogP contribution >= 0.6 is 22.6 Å². The summed E-state index contributed by atoms with van der Waals surface area (Å²) in [6.07, 6.45) is -2.00. The van der Waals surface area contributed by atoms with Gasteiger partial charge < -0.3 is 10.7 Å². The molecule has 25 heavy (non-hydrogen) atoms. The molecule has 3 N–H and O–H groups in total. The molecule has 0 aliphatic carbocycles. The number of nitrogens with two attached hydrogens (primary N) is 1. The summed E-state index contributed by atoms with van der Waals surface area (Å²) in [7, 11) is 0. The lowest BCUT2D eigenvalue weighted by molar-refractivity contribution is -0.136. The summed E-state index contributed by atoms with van der Waals surface area (Å²) in [6, 6.07) is 12.1. The van der Waals surface area contributed by atoms with E-state index in [-0.39, 0.29) is 5.52 Å². The fourth-order valence-corrected chi connectivity index (χ4v) is 3.44. The Bertz CT molecular complexity index is 867. The summed E-state index contributed by atoms with van der Waals surface area (Å²) < 4.78 is 41.2. The second kappa shape index (κ2) is 7.37. The summed E-state index contributed by atoms with van der Waals surface area (Å²) in [4.78, 5) is 3.05. The molecule has 6 heteroatoms. The van der Waals surface area contributed by atoms with Gasteiger partial charge in [-0.1, -0.05) is 24.3 Å². The highest BCUT2D eigenvalue weighted by atomic mass is 127. The third kappa shape index (κ3) is 3.84. The van der Waals surface area contributed by atoms with Gasteiger partial charge in [-0.15, -0.1) is 0 Å². The number of hydrogen-bond donors (Lipinski definition) is 2. The van der Waals surface area contributed by atoms with Crippen molar-refractivity contribution in [2.45, 2.75) is 25.4 Å². The molecular formula is C19H18F3IN2. The molecule has 3 rings (SSSR count). The number of nitrogens with one attached hydrogen (secondary N) is 1. The third-order valence-corrected chi connectivity index (χ3v) is 4.98. The summed E-state index contributed by atoms with van der Waals surface area (Å²) in [5, 5.41) is 0.639. The van der Waals surface area contributed by atoms with Crippen molar-refractivity contribution in [1.29, 1.82) is 0 Å². The Labute approximate surface area is 157 Å². The van der Waals surface area contributed by atoms with Crippen LogP contribution in [0.25, 0.3) is 22.2 Å². The van der Waals surface area contributed by atoms with Gasteiger partial charge in [-0.3, -0.25) is 0 Å². The number of aromatic nitrogens is 1. The molecule has 132 valence electrons. The van der Waals surface area contributed by atoms with Crippen LogP contribution < -0.4 is 5.73 Å². The number of para-hydroxylation sites is 1. The van der Waals surface area contributed by atoms with E-state index in [1.807, 2.05) is 24.3 Å². The quantitative estimate of drug-likeness (QED) is 0.372. The molecule has 1 aromatic heterocycles. The Kier molecular flexibility index (Phi) is 5.38. The number of unbranched alkanes of at least 4 members (excludes halogenated alkanes) is 1. The van der Waals surface area contributed by atoms with Crippen LogP contribution in [0.3, 0.4) is 0 Å². The van der Waals surface area contributed by atoms with Gasteiger partial charge in [0.25, 0.3) is 0 Å². The molecule has 0 bridgehead atoms. The summed E-state index contributed by atoms with van der Waals surface area (Å²) in [5.41, 5.74) is 7.69. The Morgan fingerprint density at radius 2 is 1.72 bits per heavy atom. The summed E-state index contributed by atoms with van der Waals surface area (Å²) in [5.74, 6) is 0. The third-order valence-electron chi connectivity index (χ3n) is 4.26. The van der Waals surface area contributed by atoms with Gasteiger partial charge in [-0.2, -0.15) is 13.2 Å². The van der Waals surface area contributed by atoms with Gasteiger partial charge in [0.15, 0.2) is 0 Å². The molecular weight excluding hydrogens is 440 g/mol. The second-order valence-electron chi connectivity index (χ2n) is 5.96. The van der Waals surface area contributed by atoms with E-state index in [2.05, 4.69) is 27.6 Å². The number of benzene rings is 2. The first kappa shape index (κ1) is 18.3. The zero-order valence-corrected chi connectivity index (χ0v) is 15.6. The molecule has 0 atom stereocenters. The van der Waals surface area contributed by atoms with Crippen molar-refractivity contribution in [2.75, 3.05) is 6.54 Å². The van der Waals surface area contributed by atoms with E-state index in [1.54, 1.807) is 6.07 Å². The summed E-state index contributed by atoms with van der Waals surface area (Å²) >= 11 is 2.21. The molecule has 0 radical (unpaired) electrons. The zero-order valence-electron chi connectivity index (χ0n) is 13.5. The molecule has 0 saturated carbocycles. The Balaban J connectivity index is 2.19. The maximum atomic E-state index is 13.4. The predicted molar refractivity (Wildman–Crippen MR) is 103 cm³/mol. The predicted octanol–water partition coefficient (Wildman–Crippen LogP) is 5.74. The Hall–Kier alpha value is -1.54. The van der Waals surface area contributed by atoms with Crippen LogP contribution in [-0.2, 0) is 12.6 Å². The van der Waals surface area contributed by atoms with E-state index < -0.39 is 11.7 Å². The standard InChI is InChI=1S/C19H18F3IN2/c20-19(21,22)16-6-3-5-15-14(4-1-2-11-24)17(25-18(15)16)12-7-9-13(23)10-8-12/h3,5-10,25H,1-2,4,11,24H2. The number of aromatic amines is 1. The molecule has 3 aromatic rings. The maximum Gasteiger partial charge on any atom is 0.418 e. The largest absolute Gasteiger partial charge is 0.418 e. The first-order valence-corrected chi connectivity index (χ1v) is 9.16. The number of aryl methyl sites for hydroxylation is 1. The highest BCUT2D eigenvalue weighted by Gasteiger charge is 2.33. The summed E-state index contributed by atoms with van der Waals surface area (Å²) in [6.45, 7) is 0.578. The van der Waals surface area contributed by atoms with Crippen molar-refractivity contribution < 1.29 is 13.2 Å². The second-order valence-corrected chi connectivity index (χ2v) is 7.20. The van der Waals surface area contributed by atoms with Crippen molar-refractivity contribution in [1.82, 2.24) is 4.98 Å². The maximum absolute atomic E-state index is 13.4. The van der Waals surface area contributed by atoms with Crippen molar-refractivity contribution in [3.63, 3.8) is 0 Å². The van der Waals surface area contributed by atoms with E-state index in [9.17, 15) is 13.2 Å². The first-order valence-electron chi connectivity index (χ1n) is 8.08. The smallest absolute Gasteiger partial charge is 0.354 e. The van der Waals surface area contributed by atoms with Crippen molar-refractivity contribution in [3.8, 4) is 11.3 Å². The SMILES string of the molecule is NCCCCc1c(-c2ccc(I)cc2)[nH]c2c(C(F)(F)F)cccc12. The van der Waals surface area contributed by atoms with E-state index in [1.165, 1.54) is 6.07 Å². The topological polar surface area (TPSA) is 41.8 Å². The van der Waals surface area contributed by atoms with Crippen LogP contribution in [0, 0.1) is 3.57 Å². The Morgan fingerprint density at radius 3 is 2.36 bits per heavy atom. The minimum Gasteiger partial charge on any atom is -0.354 e. The minimum absolute atomic E-state index is 0.159. The van der Waals surface area contributed by atoms with Crippen LogP contribution in [0.5, 0.6) is 0 Å². The number of halogens is 4. The van der Waals surface area contributed by atoms with Gasteiger partial charge in [0.2, 0.25) is 0 Å². The average molecular weight is 458 g/mol. The van der Waals surface area contributed by atoms with E-state index in [4.69, 9.17) is 5.73 Å². The van der Waals surface area contributed by atoms with Gasteiger partial charge in [-0.05, 0) is 77.7 Å². The lowest BCUT2D eigenvalue weighted by Crippen LogP contribution is -2.05. The normalized spacial score (nSPS) is 12.0. The molecule has 1 heterocycles. The molecule has 0 aliphatic heterocycles. The fraction of sp³-hybridized carbons (Fsp3) is 0.263. The van der Waals surface area contributed by atoms with Gasteiger partial charge >= 0.3 is 6.18 Å². The van der Waals surface area contributed by atoms with Crippen LogP contribution in [0.1, 0.15) is 24.0 Å². The highest BCUT2D eigenvalue weighted by Crippen LogP contribution is 2.39. The molecule has 0 fully saturated rings.